The highest BCUT2D eigenvalue weighted by molar-refractivity contribution is 5.96. The normalized spacial score (nSPS) is 10.6. The second-order valence-corrected chi connectivity index (χ2v) is 3.88. The largest absolute Gasteiger partial charge is 0.493 e. The van der Waals surface area contributed by atoms with Crippen LogP contribution in [0.15, 0.2) is 29.2 Å². The molecule has 0 aliphatic heterocycles. The molecule has 3 N–H and O–H groups in total. The summed E-state index contributed by atoms with van der Waals surface area (Å²) in [5, 5.41) is 20.7. The molecule has 0 aliphatic rings. The van der Waals surface area contributed by atoms with Crippen LogP contribution in [0.25, 0.3) is 5.65 Å². The van der Waals surface area contributed by atoms with Gasteiger partial charge in [0.1, 0.15) is 5.65 Å². The first kappa shape index (κ1) is 13.0. The highest BCUT2D eigenvalue weighted by atomic mass is 16.3. The number of fused-ring (bicyclic) bond motifs is 1. The molecule has 0 aromatic carbocycles. The fourth-order valence-electron chi connectivity index (χ4n) is 1.65. The molecule has 2 aromatic rings. The minimum atomic E-state index is -0.707. The van der Waals surface area contributed by atoms with Crippen LogP contribution in [0.2, 0.25) is 0 Å². The number of amides is 1. The van der Waals surface area contributed by atoms with E-state index in [1.54, 1.807) is 18.2 Å². The Balaban J connectivity index is 2.43. The molecule has 2 heterocycles. The number of aromatic nitrogens is 2. The molecule has 0 saturated carbocycles. The number of hydrogen-bond acceptors (Lipinski definition) is 5. The van der Waals surface area contributed by atoms with Gasteiger partial charge in [0, 0.05) is 19.3 Å². The fourth-order valence-corrected chi connectivity index (χ4v) is 1.65. The Bertz CT molecular complexity index is 666. The van der Waals surface area contributed by atoms with E-state index in [2.05, 4.69) is 10.3 Å². The van der Waals surface area contributed by atoms with Crippen LogP contribution < -0.4 is 10.9 Å². The van der Waals surface area contributed by atoms with Crippen molar-refractivity contribution < 1.29 is 15.0 Å². The predicted molar refractivity (Wildman–Crippen MR) is 67.2 cm³/mol. The van der Waals surface area contributed by atoms with E-state index in [0.717, 1.165) is 0 Å². The molecule has 0 radical (unpaired) electrons. The van der Waals surface area contributed by atoms with E-state index in [-0.39, 0.29) is 18.8 Å². The lowest BCUT2D eigenvalue weighted by Gasteiger charge is -2.07. The highest BCUT2D eigenvalue weighted by Crippen LogP contribution is 2.10. The van der Waals surface area contributed by atoms with Gasteiger partial charge in [0.25, 0.3) is 11.5 Å². The number of aliphatic hydroxyl groups is 1. The van der Waals surface area contributed by atoms with Crippen molar-refractivity contribution in [2.24, 2.45) is 0 Å². The molecule has 1 amide bonds. The highest BCUT2D eigenvalue weighted by Gasteiger charge is 2.18. The Labute approximate surface area is 108 Å². The van der Waals surface area contributed by atoms with Crippen molar-refractivity contribution in [3.05, 3.63) is 40.3 Å². The second-order valence-electron chi connectivity index (χ2n) is 3.88. The van der Waals surface area contributed by atoms with Crippen LogP contribution in [0, 0.1) is 0 Å². The van der Waals surface area contributed by atoms with E-state index in [4.69, 9.17) is 5.11 Å². The average molecular weight is 263 g/mol. The maximum absolute atomic E-state index is 12.1. The summed E-state index contributed by atoms with van der Waals surface area (Å²) in [5.74, 6) is -1.31. The monoisotopic (exact) mass is 263 g/mol. The smallest absolute Gasteiger partial charge is 0.274 e. The van der Waals surface area contributed by atoms with Gasteiger partial charge in [-0.3, -0.25) is 14.0 Å². The molecule has 0 saturated heterocycles. The van der Waals surface area contributed by atoms with Crippen molar-refractivity contribution in [2.45, 2.75) is 6.42 Å². The van der Waals surface area contributed by atoms with Gasteiger partial charge in [-0.2, -0.15) is 4.98 Å². The minimum absolute atomic E-state index is 0.0682. The van der Waals surface area contributed by atoms with Crippen LogP contribution >= 0.6 is 0 Å². The summed E-state index contributed by atoms with van der Waals surface area (Å²) >= 11 is 0. The number of aromatic hydroxyl groups is 1. The van der Waals surface area contributed by atoms with Crippen LogP contribution in [-0.2, 0) is 0 Å². The summed E-state index contributed by atoms with van der Waals surface area (Å²) in [5.41, 5.74) is -0.775. The molecule has 2 rings (SSSR count). The van der Waals surface area contributed by atoms with E-state index in [1.165, 1.54) is 10.6 Å². The van der Waals surface area contributed by atoms with Crippen LogP contribution in [0.4, 0.5) is 0 Å². The second kappa shape index (κ2) is 5.49. The van der Waals surface area contributed by atoms with Gasteiger partial charge in [-0.05, 0) is 18.6 Å². The van der Waals surface area contributed by atoms with Gasteiger partial charge in [0.15, 0.2) is 5.56 Å². The number of pyridine rings is 1. The van der Waals surface area contributed by atoms with E-state index in [1.807, 2.05) is 0 Å². The molecule has 0 atom stereocenters. The Kier molecular flexibility index (Phi) is 3.76. The van der Waals surface area contributed by atoms with Crippen LogP contribution in [0.3, 0.4) is 0 Å². The lowest BCUT2D eigenvalue weighted by atomic mass is 10.2. The van der Waals surface area contributed by atoms with Gasteiger partial charge in [0.2, 0.25) is 5.88 Å². The van der Waals surface area contributed by atoms with Gasteiger partial charge in [-0.15, -0.1) is 0 Å². The number of aliphatic hydroxyl groups excluding tert-OH is 1. The minimum Gasteiger partial charge on any atom is -0.493 e. The summed E-state index contributed by atoms with van der Waals surface area (Å²) < 4.78 is 1.18. The molecule has 7 nitrogen and oxygen atoms in total. The quantitative estimate of drug-likeness (QED) is 0.646. The zero-order chi connectivity index (χ0) is 13.8. The molecule has 0 bridgehead atoms. The maximum atomic E-state index is 12.1. The average Bonchev–Trinajstić information content (AvgIpc) is 2.39. The van der Waals surface area contributed by atoms with Gasteiger partial charge < -0.3 is 15.5 Å². The van der Waals surface area contributed by atoms with Crippen LogP contribution in [0.1, 0.15) is 16.8 Å². The summed E-state index contributed by atoms with van der Waals surface area (Å²) in [4.78, 5) is 27.7. The zero-order valence-corrected chi connectivity index (χ0v) is 10.0. The van der Waals surface area contributed by atoms with E-state index < -0.39 is 22.9 Å². The van der Waals surface area contributed by atoms with Gasteiger partial charge in [-0.1, -0.05) is 6.07 Å². The third kappa shape index (κ3) is 2.55. The molecular weight excluding hydrogens is 250 g/mol. The molecule has 0 spiro atoms. The molecule has 19 heavy (non-hydrogen) atoms. The van der Waals surface area contributed by atoms with Gasteiger partial charge >= 0.3 is 0 Å². The summed E-state index contributed by atoms with van der Waals surface area (Å²) in [6, 6.07) is 4.84. The number of nitrogens with one attached hydrogen (secondary N) is 1. The first-order valence-electron chi connectivity index (χ1n) is 5.74. The SMILES string of the molecule is O=C(NCCCO)c1c(O)nc2ccccn2c1=O. The standard InChI is InChI=1S/C12H13N3O4/c16-7-3-5-13-10(17)9-11(18)14-8-4-1-2-6-15(8)12(9)19/h1-2,4,6,16,18H,3,5,7H2,(H,13,17). The van der Waals surface area contributed by atoms with Crippen molar-refractivity contribution in [2.75, 3.05) is 13.2 Å². The first-order valence-corrected chi connectivity index (χ1v) is 5.74. The zero-order valence-electron chi connectivity index (χ0n) is 10.0. The number of nitrogens with zero attached hydrogens (tertiary/aromatic N) is 2. The number of hydrogen-bond donors (Lipinski definition) is 3. The van der Waals surface area contributed by atoms with E-state index in [9.17, 15) is 14.7 Å². The molecule has 100 valence electrons. The topological polar surface area (TPSA) is 104 Å². The number of rotatable bonds is 4. The van der Waals surface area contributed by atoms with Gasteiger partial charge in [-0.25, -0.2) is 0 Å². The summed E-state index contributed by atoms with van der Waals surface area (Å²) in [6.45, 7) is 0.146. The van der Waals surface area contributed by atoms with Crippen LogP contribution in [0.5, 0.6) is 5.88 Å². The molecule has 0 fully saturated rings. The van der Waals surface area contributed by atoms with Crippen molar-refractivity contribution >= 4 is 11.6 Å². The number of carbonyl (C=O) groups excluding carboxylic acids is 1. The van der Waals surface area contributed by atoms with Crippen LogP contribution in [-0.4, -0.2) is 38.7 Å². The van der Waals surface area contributed by atoms with Crippen molar-refractivity contribution in [1.29, 1.82) is 0 Å². The fraction of sp³-hybridized carbons (Fsp3) is 0.250. The third-order valence-corrected chi connectivity index (χ3v) is 2.56. The Hall–Kier alpha value is -2.41. The predicted octanol–water partition coefficient (Wildman–Crippen LogP) is -0.488. The molecular formula is C12H13N3O4. The van der Waals surface area contributed by atoms with Crippen molar-refractivity contribution in [3.63, 3.8) is 0 Å². The Morgan fingerprint density at radius 3 is 2.95 bits per heavy atom. The summed E-state index contributed by atoms with van der Waals surface area (Å²) in [6.07, 6.45) is 1.84. The van der Waals surface area contributed by atoms with Crippen molar-refractivity contribution in [3.8, 4) is 5.88 Å². The molecule has 7 heteroatoms. The molecule has 2 aromatic heterocycles. The molecule has 0 aliphatic carbocycles. The van der Waals surface area contributed by atoms with Crippen molar-refractivity contribution in [1.82, 2.24) is 14.7 Å². The Morgan fingerprint density at radius 1 is 1.42 bits per heavy atom. The van der Waals surface area contributed by atoms with E-state index in [0.29, 0.717) is 6.42 Å². The molecule has 0 unspecified atom stereocenters. The maximum Gasteiger partial charge on any atom is 0.274 e. The summed E-state index contributed by atoms with van der Waals surface area (Å²) in [7, 11) is 0. The van der Waals surface area contributed by atoms with Gasteiger partial charge in [0.05, 0.1) is 0 Å². The first-order chi connectivity index (χ1) is 9.15. The Morgan fingerprint density at radius 2 is 2.21 bits per heavy atom. The lowest BCUT2D eigenvalue weighted by molar-refractivity contribution is 0.0946. The van der Waals surface area contributed by atoms with E-state index >= 15 is 0 Å². The lowest BCUT2D eigenvalue weighted by Crippen LogP contribution is -2.32. The number of carbonyl (C=O) groups is 1. The third-order valence-electron chi connectivity index (χ3n) is 2.56.